The van der Waals surface area contributed by atoms with Crippen molar-refractivity contribution >= 4 is 6.20 Å². The number of hydrogen-bond donors (Lipinski definition) is 0. The molecule has 1 aromatic heterocycles. The predicted molar refractivity (Wildman–Crippen MR) is 42.7 cm³/mol. The van der Waals surface area contributed by atoms with Crippen molar-refractivity contribution in [2.24, 2.45) is 0 Å². The van der Waals surface area contributed by atoms with Gasteiger partial charge in [-0.05, 0) is 6.42 Å². The maximum absolute atomic E-state index is 8.62. The Morgan fingerprint density at radius 3 is 3.09 bits per heavy atom. The van der Waals surface area contributed by atoms with E-state index in [1.807, 2.05) is 6.92 Å². The van der Waals surface area contributed by atoms with Crippen LogP contribution in [0.1, 0.15) is 18.2 Å². The lowest BCUT2D eigenvalue weighted by atomic mass is 10.2. The van der Waals surface area contributed by atoms with Crippen LogP contribution in [0, 0.1) is 11.3 Å². The summed E-state index contributed by atoms with van der Waals surface area (Å²) in [4.78, 5) is 0. The molecule has 0 saturated heterocycles. The molecule has 0 radical (unpaired) electrons. The summed E-state index contributed by atoms with van der Waals surface area (Å²) in [6.07, 6.45) is 3.95. The molecule has 0 aliphatic carbocycles. The molecule has 0 spiro atoms. The standard InChI is InChI=1S/C8H9N3/c1-3-8-7(5-9)6-10-11(8)4-2/h4,6H,2-3H2,1H3. The Balaban J connectivity index is 3.22. The van der Waals surface area contributed by atoms with E-state index in [0.717, 1.165) is 12.1 Å². The van der Waals surface area contributed by atoms with Gasteiger partial charge in [0.15, 0.2) is 0 Å². The first-order valence-electron chi connectivity index (χ1n) is 3.42. The first-order valence-corrected chi connectivity index (χ1v) is 3.42. The van der Waals surface area contributed by atoms with Gasteiger partial charge >= 0.3 is 0 Å². The lowest BCUT2D eigenvalue weighted by molar-refractivity contribution is 0.857. The first-order chi connectivity index (χ1) is 5.33. The summed E-state index contributed by atoms with van der Waals surface area (Å²) in [5, 5.41) is 12.6. The van der Waals surface area contributed by atoms with Crippen LogP contribution in [0.25, 0.3) is 6.20 Å². The second-order valence-electron chi connectivity index (χ2n) is 2.10. The van der Waals surface area contributed by atoms with Gasteiger partial charge < -0.3 is 0 Å². The Hall–Kier alpha value is -1.56. The van der Waals surface area contributed by atoms with Gasteiger partial charge in [0.2, 0.25) is 0 Å². The third kappa shape index (κ3) is 1.15. The lowest BCUT2D eigenvalue weighted by Crippen LogP contribution is -1.95. The zero-order valence-corrected chi connectivity index (χ0v) is 6.41. The van der Waals surface area contributed by atoms with Gasteiger partial charge in [0.25, 0.3) is 0 Å². The van der Waals surface area contributed by atoms with Crippen LogP contribution in [0.3, 0.4) is 0 Å². The van der Waals surface area contributed by atoms with Crippen LogP contribution < -0.4 is 0 Å². The van der Waals surface area contributed by atoms with Crippen LogP contribution in [-0.2, 0) is 6.42 Å². The van der Waals surface area contributed by atoms with Gasteiger partial charge in [-0.25, -0.2) is 4.68 Å². The van der Waals surface area contributed by atoms with Gasteiger partial charge in [-0.2, -0.15) is 10.4 Å². The van der Waals surface area contributed by atoms with Gasteiger partial charge in [-0.15, -0.1) is 0 Å². The van der Waals surface area contributed by atoms with Crippen LogP contribution in [0.2, 0.25) is 0 Å². The molecular weight excluding hydrogens is 138 g/mol. The summed E-state index contributed by atoms with van der Waals surface area (Å²) < 4.78 is 1.62. The molecule has 0 saturated carbocycles. The zero-order chi connectivity index (χ0) is 8.27. The molecular formula is C8H9N3. The van der Waals surface area contributed by atoms with Gasteiger partial charge in [0, 0.05) is 6.20 Å². The Bertz CT molecular complexity index is 304. The predicted octanol–water partition coefficient (Wildman–Crippen LogP) is 1.42. The van der Waals surface area contributed by atoms with E-state index in [1.165, 1.54) is 0 Å². The largest absolute Gasteiger partial charge is 0.244 e. The molecule has 1 aromatic rings. The summed E-state index contributed by atoms with van der Waals surface area (Å²) >= 11 is 0. The highest BCUT2D eigenvalue weighted by Gasteiger charge is 2.04. The summed E-state index contributed by atoms with van der Waals surface area (Å²) in [6, 6.07) is 2.07. The molecule has 0 atom stereocenters. The maximum atomic E-state index is 8.62. The van der Waals surface area contributed by atoms with Crippen LogP contribution in [-0.4, -0.2) is 9.78 Å². The van der Waals surface area contributed by atoms with Crippen molar-refractivity contribution in [3.05, 3.63) is 24.0 Å². The fourth-order valence-electron chi connectivity index (χ4n) is 0.991. The zero-order valence-electron chi connectivity index (χ0n) is 6.41. The van der Waals surface area contributed by atoms with Crippen LogP contribution in [0.4, 0.5) is 0 Å². The van der Waals surface area contributed by atoms with Crippen molar-refractivity contribution in [3.63, 3.8) is 0 Å². The normalized spacial score (nSPS) is 9.09. The molecule has 11 heavy (non-hydrogen) atoms. The fraction of sp³-hybridized carbons (Fsp3) is 0.250. The molecule has 0 aliphatic heterocycles. The average molecular weight is 147 g/mol. The van der Waals surface area contributed by atoms with Gasteiger partial charge in [0.1, 0.15) is 6.07 Å². The minimum Gasteiger partial charge on any atom is -0.244 e. The van der Waals surface area contributed by atoms with Crippen molar-refractivity contribution in [2.75, 3.05) is 0 Å². The minimum atomic E-state index is 0.632. The number of aromatic nitrogens is 2. The SMILES string of the molecule is C=Cn1ncc(C#N)c1CC. The van der Waals surface area contributed by atoms with Crippen molar-refractivity contribution < 1.29 is 0 Å². The van der Waals surface area contributed by atoms with E-state index in [0.29, 0.717) is 5.56 Å². The van der Waals surface area contributed by atoms with Crippen molar-refractivity contribution in [2.45, 2.75) is 13.3 Å². The van der Waals surface area contributed by atoms with Crippen molar-refractivity contribution in [3.8, 4) is 6.07 Å². The molecule has 56 valence electrons. The molecule has 3 heteroatoms. The van der Waals surface area contributed by atoms with Crippen molar-refractivity contribution in [1.82, 2.24) is 9.78 Å². The Labute approximate surface area is 65.6 Å². The third-order valence-electron chi connectivity index (χ3n) is 1.53. The minimum absolute atomic E-state index is 0.632. The molecule has 0 amide bonds. The van der Waals surface area contributed by atoms with Gasteiger partial charge in [-0.3, -0.25) is 0 Å². The summed E-state index contributed by atoms with van der Waals surface area (Å²) in [7, 11) is 0. The monoisotopic (exact) mass is 147 g/mol. The Morgan fingerprint density at radius 2 is 2.64 bits per heavy atom. The highest BCUT2D eigenvalue weighted by molar-refractivity contribution is 5.35. The highest BCUT2D eigenvalue weighted by Crippen LogP contribution is 2.07. The number of nitriles is 1. The highest BCUT2D eigenvalue weighted by atomic mass is 15.3. The fourth-order valence-corrected chi connectivity index (χ4v) is 0.991. The van der Waals surface area contributed by atoms with E-state index < -0.39 is 0 Å². The second-order valence-corrected chi connectivity index (χ2v) is 2.10. The van der Waals surface area contributed by atoms with Crippen LogP contribution in [0.5, 0.6) is 0 Å². The van der Waals surface area contributed by atoms with Crippen LogP contribution in [0.15, 0.2) is 12.8 Å². The van der Waals surface area contributed by atoms with E-state index in [4.69, 9.17) is 5.26 Å². The molecule has 0 N–H and O–H groups in total. The summed E-state index contributed by atoms with van der Waals surface area (Å²) in [5.74, 6) is 0. The van der Waals surface area contributed by atoms with Gasteiger partial charge in [0.05, 0.1) is 17.5 Å². The van der Waals surface area contributed by atoms with Crippen molar-refractivity contribution in [1.29, 1.82) is 5.26 Å². The molecule has 1 heterocycles. The Morgan fingerprint density at radius 1 is 1.91 bits per heavy atom. The smallest absolute Gasteiger partial charge is 0.103 e. The third-order valence-corrected chi connectivity index (χ3v) is 1.53. The topological polar surface area (TPSA) is 41.6 Å². The average Bonchev–Trinajstić information content (AvgIpc) is 2.45. The number of nitrogens with zero attached hydrogens (tertiary/aromatic N) is 3. The summed E-state index contributed by atoms with van der Waals surface area (Å²) in [6.45, 7) is 5.56. The lowest BCUT2D eigenvalue weighted by Gasteiger charge is -1.96. The van der Waals surface area contributed by atoms with E-state index in [-0.39, 0.29) is 0 Å². The molecule has 0 unspecified atom stereocenters. The Kier molecular flexibility index (Phi) is 2.07. The van der Waals surface area contributed by atoms with E-state index in [1.54, 1.807) is 17.1 Å². The molecule has 0 fully saturated rings. The molecule has 0 aliphatic rings. The number of hydrogen-bond acceptors (Lipinski definition) is 2. The molecule has 1 rings (SSSR count). The van der Waals surface area contributed by atoms with E-state index in [2.05, 4.69) is 17.7 Å². The molecule has 0 aromatic carbocycles. The maximum Gasteiger partial charge on any atom is 0.103 e. The summed E-state index contributed by atoms with van der Waals surface area (Å²) in [5.41, 5.74) is 1.55. The number of rotatable bonds is 2. The molecule has 0 bridgehead atoms. The molecule has 3 nitrogen and oxygen atoms in total. The van der Waals surface area contributed by atoms with Crippen LogP contribution >= 0.6 is 0 Å². The second kappa shape index (κ2) is 3.02. The first kappa shape index (κ1) is 7.55. The van der Waals surface area contributed by atoms with E-state index in [9.17, 15) is 0 Å². The van der Waals surface area contributed by atoms with Gasteiger partial charge in [-0.1, -0.05) is 13.5 Å². The van der Waals surface area contributed by atoms with E-state index >= 15 is 0 Å². The quantitative estimate of drug-likeness (QED) is 0.634.